The Bertz CT molecular complexity index is 923. The highest BCUT2D eigenvalue weighted by molar-refractivity contribution is 5.60. The van der Waals surface area contributed by atoms with E-state index in [4.69, 9.17) is 0 Å². The lowest BCUT2D eigenvalue weighted by Crippen LogP contribution is -2.03. The second-order valence-corrected chi connectivity index (χ2v) is 5.19. The lowest BCUT2D eigenvalue weighted by atomic mass is 10.3. The molecule has 24 heavy (non-hydrogen) atoms. The molecule has 0 radical (unpaired) electrons. The van der Waals surface area contributed by atoms with Gasteiger partial charge in [0.15, 0.2) is 0 Å². The molecule has 0 fully saturated rings. The van der Waals surface area contributed by atoms with Crippen LogP contribution >= 0.6 is 0 Å². The second kappa shape index (κ2) is 6.07. The summed E-state index contributed by atoms with van der Waals surface area (Å²) >= 11 is 0. The molecule has 2 aromatic heterocycles. The quantitative estimate of drug-likeness (QED) is 0.583. The third-order valence-electron chi connectivity index (χ3n) is 3.61. The van der Waals surface area contributed by atoms with Gasteiger partial charge in [0.25, 0.3) is 5.69 Å². The van der Waals surface area contributed by atoms with Gasteiger partial charge in [-0.2, -0.15) is 5.10 Å². The van der Waals surface area contributed by atoms with Crippen LogP contribution in [0.1, 0.15) is 11.4 Å². The molecule has 7 nitrogen and oxygen atoms in total. The summed E-state index contributed by atoms with van der Waals surface area (Å²) in [6.45, 7) is 3.36. The lowest BCUT2D eigenvalue weighted by molar-refractivity contribution is -0.385. The molecule has 3 aromatic rings. The van der Waals surface area contributed by atoms with Gasteiger partial charge in [0.05, 0.1) is 22.5 Å². The van der Waals surface area contributed by atoms with Crippen molar-refractivity contribution < 1.29 is 9.31 Å². The smallest absolute Gasteiger partial charge is 0.290 e. The van der Waals surface area contributed by atoms with E-state index in [1.807, 2.05) is 0 Å². The molecule has 2 heterocycles. The van der Waals surface area contributed by atoms with Crippen molar-refractivity contribution in [1.82, 2.24) is 14.8 Å². The van der Waals surface area contributed by atoms with Crippen molar-refractivity contribution in [2.24, 2.45) is 0 Å². The van der Waals surface area contributed by atoms with E-state index in [-0.39, 0.29) is 11.5 Å². The number of para-hydroxylation sites is 1. The van der Waals surface area contributed by atoms with Gasteiger partial charge in [-0.05, 0) is 32.0 Å². The van der Waals surface area contributed by atoms with Crippen LogP contribution in [0.4, 0.5) is 21.6 Å². The Labute approximate surface area is 136 Å². The Morgan fingerprint density at radius 3 is 2.62 bits per heavy atom. The fourth-order valence-electron chi connectivity index (χ4n) is 2.35. The molecule has 122 valence electrons. The van der Waals surface area contributed by atoms with E-state index in [0.717, 1.165) is 0 Å². The van der Waals surface area contributed by atoms with Gasteiger partial charge in [-0.1, -0.05) is 12.1 Å². The fraction of sp³-hybridized carbons (Fsp3) is 0.125. The highest BCUT2D eigenvalue weighted by Crippen LogP contribution is 2.24. The Balaban J connectivity index is 1.91. The summed E-state index contributed by atoms with van der Waals surface area (Å²) in [6, 6.07) is 9.25. The zero-order chi connectivity index (χ0) is 17.3. The third kappa shape index (κ3) is 2.81. The van der Waals surface area contributed by atoms with E-state index in [1.54, 1.807) is 38.2 Å². The van der Waals surface area contributed by atoms with Crippen LogP contribution in [0.15, 0.2) is 42.6 Å². The molecule has 0 spiro atoms. The molecule has 8 heteroatoms. The number of nitrogens with one attached hydrogen (secondary N) is 1. The molecule has 0 aliphatic carbocycles. The van der Waals surface area contributed by atoms with Crippen molar-refractivity contribution in [3.8, 4) is 5.69 Å². The molecule has 0 unspecified atom stereocenters. The fourth-order valence-corrected chi connectivity index (χ4v) is 2.35. The maximum Gasteiger partial charge on any atom is 0.290 e. The van der Waals surface area contributed by atoms with E-state index in [1.165, 1.54) is 22.9 Å². The largest absolute Gasteiger partial charge is 0.337 e. The number of halogens is 1. The normalized spacial score (nSPS) is 10.6. The first kappa shape index (κ1) is 15.6. The minimum absolute atomic E-state index is 0.0423. The number of aromatic nitrogens is 3. The molecular formula is C16H14FN5O2. The predicted octanol–water partition coefficient (Wildman–Crippen LogP) is 3.68. The zero-order valence-electron chi connectivity index (χ0n) is 13.0. The van der Waals surface area contributed by atoms with E-state index in [9.17, 15) is 14.5 Å². The number of aryl methyl sites for hydroxylation is 1. The number of nitrogens with zero attached hydrogens (tertiary/aromatic N) is 4. The molecular weight excluding hydrogens is 313 g/mol. The summed E-state index contributed by atoms with van der Waals surface area (Å²) in [7, 11) is 0. The van der Waals surface area contributed by atoms with Gasteiger partial charge in [-0.3, -0.25) is 10.1 Å². The molecule has 1 N–H and O–H groups in total. The van der Waals surface area contributed by atoms with Crippen LogP contribution in [0.2, 0.25) is 0 Å². The van der Waals surface area contributed by atoms with E-state index < -0.39 is 4.92 Å². The number of pyridine rings is 1. The molecule has 0 atom stereocenters. The Morgan fingerprint density at radius 2 is 1.96 bits per heavy atom. The summed E-state index contributed by atoms with van der Waals surface area (Å²) in [5.41, 5.74) is 1.94. The average molecular weight is 327 g/mol. The first-order chi connectivity index (χ1) is 11.5. The number of nitro groups is 1. The molecule has 0 aliphatic heterocycles. The Kier molecular flexibility index (Phi) is 3.95. The van der Waals surface area contributed by atoms with Gasteiger partial charge in [-0.15, -0.1) is 0 Å². The molecule has 0 saturated carbocycles. The Hall–Kier alpha value is -3.29. The van der Waals surface area contributed by atoms with Crippen LogP contribution in [0.3, 0.4) is 0 Å². The maximum atomic E-state index is 13.9. The predicted molar refractivity (Wildman–Crippen MR) is 87.2 cm³/mol. The summed E-state index contributed by atoms with van der Waals surface area (Å²) in [6.07, 6.45) is 1.56. The van der Waals surface area contributed by atoms with Gasteiger partial charge >= 0.3 is 0 Å². The zero-order valence-corrected chi connectivity index (χ0v) is 13.0. The van der Waals surface area contributed by atoms with Crippen molar-refractivity contribution in [3.05, 3.63) is 69.9 Å². The summed E-state index contributed by atoms with van der Waals surface area (Å²) in [4.78, 5) is 14.5. The van der Waals surface area contributed by atoms with Gasteiger partial charge in [-0.25, -0.2) is 14.1 Å². The summed E-state index contributed by atoms with van der Waals surface area (Å²) < 4.78 is 15.4. The van der Waals surface area contributed by atoms with Gasteiger partial charge < -0.3 is 5.32 Å². The van der Waals surface area contributed by atoms with Crippen LogP contribution in [-0.2, 0) is 0 Å². The number of hydrogen-bond donors (Lipinski definition) is 1. The van der Waals surface area contributed by atoms with Gasteiger partial charge in [0, 0.05) is 6.07 Å². The molecule has 0 saturated heterocycles. The SMILES string of the molecule is Cc1nc(Nc2cnn(-c3ccccc3F)c2C)ccc1[N+](=O)[O-]. The monoisotopic (exact) mass is 327 g/mol. The van der Waals surface area contributed by atoms with Crippen molar-refractivity contribution in [2.45, 2.75) is 13.8 Å². The van der Waals surface area contributed by atoms with Crippen LogP contribution in [0.25, 0.3) is 5.69 Å². The number of benzene rings is 1. The highest BCUT2D eigenvalue weighted by Gasteiger charge is 2.14. The third-order valence-corrected chi connectivity index (χ3v) is 3.61. The maximum absolute atomic E-state index is 13.9. The number of hydrogen-bond acceptors (Lipinski definition) is 5. The molecule has 0 amide bonds. The van der Waals surface area contributed by atoms with E-state index in [0.29, 0.717) is 28.6 Å². The molecule has 0 aliphatic rings. The summed E-state index contributed by atoms with van der Waals surface area (Å²) in [5.74, 6) is 0.0776. The van der Waals surface area contributed by atoms with Crippen molar-refractivity contribution in [3.63, 3.8) is 0 Å². The van der Waals surface area contributed by atoms with Crippen molar-refractivity contribution in [2.75, 3.05) is 5.32 Å². The lowest BCUT2D eigenvalue weighted by Gasteiger charge is -2.08. The van der Waals surface area contributed by atoms with Crippen molar-refractivity contribution >= 4 is 17.2 Å². The first-order valence-electron chi connectivity index (χ1n) is 7.16. The second-order valence-electron chi connectivity index (χ2n) is 5.19. The van der Waals surface area contributed by atoms with E-state index in [2.05, 4.69) is 15.4 Å². The minimum atomic E-state index is -0.479. The molecule has 1 aromatic carbocycles. The minimum Gasteiger partial charge on any atom is -0.337 e. The first-order valence-corrected chi connectivity index (χ1v) is 7.16. The van der Waals surface area contributed by atoms with Crippen LogP contribution in [0, 0.1) is 29.8 Å². The standard InChI is InChI=1S/C16H14FN5O2/c1-10-14(22(23)24)7-8-16(19-10)20-13-9-18-21(11(13)2)15-6-4-3-5-12(15)17/h3-9H,1-2H3,(H,19,20). The number of anilines is 2. The molecule has 0 bridgehead atoms. The van der Waals surface area contributed by atoms with E-state index >= 15 is 0 Å². The van der Waals surface area contributed by atoms with Crippen LogP contribution in [-0.4, -0.2) is 19.7 Å². The Morgan fingerprint density at radius 1 is 1.21 bits per heavy atom. The topological polar surface area (TPSA) is 85.9 Å². The van der Waals surface area contributed by atoms with Crippen LogP contribution < -0.4 is 5.32 Å². The van der Waals surface area contributed by atoms with Crippen LogP contribution in [0.5, 0.6) is 0 Å². The number of rotatable bonds is 4. The summed E-state index contributed by atoms with van der Waals surface area (Å²) in [5, 5.41) is 18.1. The van der Waals surface area contributed by atoms with Gasteiger partial charge in [0.1, 0.15) is 23.0 Å². The average Bonchev–Trinajstić information content (AvgIpc) is 2.88. The highest BCUT2D eigenvalue weighted by atomic mass is 19.1. The van der Waals surface area contributed by atoms with Gasteiger partial charge in [0.2, 0.25) is 0 Å². The molecule has 3 rings (SSSR count). The van der Waals surface area contributed by atoms with Crippen molar-refractivity contribution in [1.29, 1.82) is 0 Å².